The van der Waals surface area contributed by atoms with Gasteiger partial charge in [-0.15, -0.1) is 12.4 Å². The van der Waals surface area contributed by atoms with Crippen molar-refractivity contribution < 1.29 is 18.0 Å². The molecule has 1 aliphatic rings. The number of piperidine rings is 1. The SMILES string of the molecule is Cl.Nc1cccc(C(=O)N2CCCC(C(F)(F)F)C2)n1. The van der Waals surface area contributed by atoms with Crippen molar-refractivity contribution in [1.82, 2.24) is 9.88 Å². The third-order valence-electron chi connectivity index (χ3n) is 3.16. The fourth-order valence-corrected chi connectivity index (χ4v) is 2.16. The van der Waals surface area contributed by atoms with E-state index in [2.05, 4.69) is 4.98 Å². The van der Waals surface area contributed by atoms with Crippen LogP contribution in [0.1, 0.15) is 23.3 Å². The first-order chi connectivity index (χ1) is 8.88. The summed E-state index contributed by atoms with van der Waals surface area (Å²) in [4.78, 5) is 17.1. The van der Waals surface area contributed by atoms with Gasteiger partial charge in [0.1, 0.15) is 11.5 Å². The van der Waals surface area contributed by atoms with Crippen molar-refractivity contribution in [2.75, 3.05) is 18.8 Å². The van der Waals surface area contributed by atoms with E-state index in [9.17, 15) is 18.0 Å². The van der Waals surface area contributed by atoms with Gasteiger partial charge in [0.15, 0.2) is 0 Å². The Hall–Kier alpha value is -1.50. The molecule has 1 amide bonds. The minimum atomic E-state index is -4.26. The number of rotatable bonds is 1. The number of nitrogens with zero attached hydrogens (tertiary/aromatic N) is 2. The molecule has 1 aliphatic heterocycles. The third-order valence-corrected chi connectivity index (χ3v) is 3.16. The van der Waals surface area contributed by atoms with Gasteiger partial charge < -0.3 is 10.6 Å². The third kappa shape index (κ3) is 3.75. The molecule has 1 unspecified atom stereocenters. The van der Waals surface area contributed by atoms with Crippen LogP contribution in [0.25, 0.3) is 0 Å². The Labute approximate surface area is 120 Å². The van der Waals surface area contributed by atoms with Crippen LogP contribution in [0.4, 0.5) is 19.0 Å². The first-order valence-corrected chi connectivity index (χ1v) is 5.96. The zero-order chi connectivity index (χ0) is 14.0. The minimum Gasteiger partial charge on any atom is -0.384 e. The van der Waals surface area contributed by atoms with Crippen LogP contribution >= 0.6 is 12.4 Å². The average Bonchev–Trinajstić information content (AvgIpc) is 2.37. The van der Waals surface area contributed by atoms with E-state index in [1.165, 1.54) is 17.0 Å². The van der Waals surface area contributed by atoms with Gasteiger partial charge in [-0.3, -0.25) is 4.79 Å². The van der Waals surface area contributed by atoms with Crippen molar-refractivity contribution >= 4 is 24.1 Å². The molecule has 2 N–H and O–H groups in total. The number of nitrogens with two attached hydrogens (primary N) is 1. The number of nitrogen functional groups attached to an aromatic ring is 1. The zero-order valence-electron chi connectivity index (χ0n) is 10.6. The maximum atomic E-state index is 12.7. The number of aromatic nitrogens is 1. The number of likely N-dealkylation sites (tertiary alicyclic amines) is 1. The largest absolute Gasteiger partial charge is 0.393 e. The number of carbonyl (C=O) groups excluding carboxylic acids is 1. The molecule has 1 aromatic rings. The van der Waals surface area contributed by atoms with Crippen LogP contribution in [0.2, 0.25) is 0 Å². The Balaban J connectivity index is 0.00000200. The standard InChI is InChI=1S/C12H14F3N3O.ClH/c13-12(14,15)8-3-2-6-18(7-8)11(19)9-4-1-5-10(16)17-9;/h1,4-5,8H,2-3,6-7H2,(H2,16,17);1H. The number of hydrogen-bond donors (Lipinski definition) is 1. The lowest BCUT2D eigenvalue weighted by atomic mass is 9.97. The van der Waals surface area contributed by atoms with Gasteiger partial charge in [-0.2, -0.15) is 13.2 Å². The summed E-state index contributed by atoms with van der Waals surface area (Å²) in [5, 5.41) is 0. The molecule has 0 bridgehead atoms. The molecule has 0 aliphatic carbocycles. The molecule has 0 aromatic carbocycles. The van der Waals surface area contributed by atoms with E-state index < -0.39 is 18.0 Å². The average molecular weight is 310 g/mol. The summed E-state index contributed by atoms with van der Waals surface area (Å²) in [6.45, 7) is 0.0146. The number of alkyl halides is 3. The molecule has 0 saturated carbocycles. The predicted molar refractivity (Wildman–Crippen MR) is 70.6 cm³/mol. The normalized spacial score (nSPS) is 19.4. The molecule has 20 heavy (non-hydrogen) atoms. The van der Waals surface area contributed by atoms with Crippen LogP contribution in [0.15, 0.2) is 18.2 Å². The Morgan fingerprint density at radius 1 is 1.40 bits per heavy atom. The summed E-state index contributed by atoms with van der Waals surface area (Å²) in [5.74, 6) is -1.78. The monoisotopic (exact) mass is 309 g/mol. The molecule has 1 atom stereocenters. The lowest BCUT2D eigenvalue weighted by Crippen LogP contribution is -2.44. The molecule has 0 radical (unpaired) electrons. The van der Waals surface area contributed by atoms with Crippen molar-refractivity contribution in [3.63, 3.8) is 0 Å². The van der Waals surface area contributed by atoms with E-state index in [0.29, 0.717) is 13.0 Å². The Bertz CT molecular complexity index is 481. The topological polar surface area (TPSA) is 59.2 Å². The highest BCUT2D eigenvalue weighted by atomic mass is 35.5. The molecule has 1 aromatic heterocycles. The van der Waals surface area contributed by atoms with Crippen LogP contribution in [-0.2, 0) is 0 Å². The number of carbonyl (C=O) groups is 1. The van der Waals surface area contributed by atoms with Crippen LogP contribution in [0, 0.1) is 5.92 Å². The van der Waals surface area contributed by atoms with Gasteiger partial charge in [0.25, 0.3) is 5.91 Å². The van der Waals surface area contributed by atoms with E-state index in [-0.39, 0.29) is 36.9 Å². The molecule has 2 rings (SSSR count). The number of halogens is 4. The Morgan fingerprint density at radius 3 is 2.70 bits per heavy atom. The molecule has 112 valence electrons. The van der Waals surface area contributed by atoms with Crippen molar-refractivity contribution in [2.24, 2.45) is 5.92 Å². The zero-order valence-corrected chi connectivity index (χ0v) is 11.4. The first-order valence-electron chi connectivity index (χ1n) is 5.96. The highest BCUT2D eigenvalue weighted by Gasteiger charge is 2.42. The molecule has 1 fully saturated rings. The fourth-order valence-electron chi connectivity index (χ4n) is 2.16. The summed E-state index contributed by atoms with van der Waals surface area (Å²) < 4.78 is 38.0. The molecular formula is C12H15ClF3N3O. The number of hydrogen-bond acceptors (Lipinski definition) is 3. The van der Waals surface area contributed by atoms with Crippen LogP contribution in [-0.4, -0.2) is 35.1 Å². The number of amides is 1. The van der Waals surface area contributed by atoms with Crippen molar-refractivity contribution in [3.05, 3.63) is 23.9 Å². The van der Waals surface area contributed by atoms with E-state index in [1.807, 2.05) is 0 Å². The van der Waals surface area contributed by atoms with E-state index in [1.54, 1.807) is 6.07 Å². The maximum Gasteiger partial charge on any atom is 0.393 e. The van der Waals surface area contributed by atoms with Gasteiger partial charge in [-0.1, -0.05) is 6.07 Å². The van der Waals surface area contributed by atoms with Crippen LogP contribution < -0.4 is 5.73 Å². The lowest BCUT2D eigenvalue weighted by molar-refractivity contribution is -0.184. The molecular weight excluding hydrogens is 295 g/mol. The molecule has 0 spiro atoms. The van der Waals surface area contributed by atoms with Gasteiger partial charge in [-0.25, -0.2) is 4.98 Å². The van der Waals surface area contributed by atoms with Crippen molar-refractivity contribution in [3.8, 4) is 0 Å². The fraction of sp³-hybridized carbons (Fsp3) is 0.500. The summed E-state index contributed by atoms with van der Waals surface area (Å²) in [7, 11) is 0. The smallest absolute Gasteiger partial charge is 0.384 e. The Kier molecular flexibility index (Phi) is 5.21. The second kappa shape index (κ2) is 6.30. The van der Waals surface area contributed by atoms with E-state index >= 15 is 0 Å². The Morgan fingerprint density at radius 2 is 2.10 bits per heavy atom. The summed E-state index contributed by atoms with van der Waals surface area (Å²) in [6, 6.07) is 4.53. The molecule has 8 heteroatoms. The highest BCUT2D eigenvalue weighted by Crippen LogP contribution is 2.33. The summed E-state index contributed by atoms with van der Waals surface area (Å²) >= 11 is 0. The molecule has 1 saturated heterocycles. The van der Waals surface area contributed by atoms with Gasteiger partial charge in [0.05, 0.1) is 5.92 Å². The highest BCUT2D eigenvalue weighted by molar-refractivity contribution is 5.92. The van der Waals surface area contributed by atoms with Crippen molar-refractivity contribution in [2.45, 2.75) is 19.0 Å². The van der Waals surface area contributed by atoms with E-state index in [4.69, 9.17) is 5.73 Å². The summed E-state index contributed by atoms with van der Waals surface area (Å²) in [6.07, 6.45) is -3.85. The first kappa shape index (κ1) is 16.6. The van der Waals surface area contributed by atoms with Gasteiger partial charge in [0.2, 0.25) is 0 Å². The number of pyridine rings is 1. The summed E-state index contributed by atoms with van der Waals surface area (Å²) in [5.41, 5.74) is 5.55. The van der Waals surface area contributed by atoms with E-state index in [0.717, 1.165) is 0 Å². The van der Waals surface area contributed by atoms with Gasteiger partial charge in [-0.05, 0) is 25.0 Å². The van der Waals surface area contributed by atoms with Gasteiger partial charge >= 0.3 is 6.18 Å². The molecule has 4 nitrogen and oxygen atoms in total. The molecule has 2 heterocycles. The predicted octanol–water partition coefficient (Wildman–Crippen LogP) is 2.50. The second-order valence-corrected chi connectivity index (χ2v) is 4.58. The van der Waals surface area contributed by atoms with Crippen LogP contribution in [0.3, 0.4) is 0 Å². The second-order valence-electron chi connectivity index (χ2n) is 4.58. The quantitative estimate of drug-likeness (QED) is 0.867. The lowest BCUT2D eigenvalue weighted by Gasteiger charge is -2.33. The minimum absolute atomic E-state index is 0. The maximum absolute atomic E-state index is 12.7. The van der Waals surface area contributed by atoms with Crippen molar-refractivity contribution in [1.29, 1.82) is 0 Å². The van der Waals surface area contributed by atoms with Crippen LogP contribution in [0.5, 0.6) is 0 Å². The number of anilines is 1. The van der Waals surface area contributed by atoms with Gasteiger partial charge in [0, 0.05) is 13.1 Å².